The van der Waals surface area contributed by atoms with Gasteiger partial charge >= 0.3 is 0 Å². The first-order valence-electron chi connectivity index (χ1n) is 9.68. The Morgan fingerprint density at radius 3 is 2.61 bits per heavy atom. The molecule has 0 unspecified atom stereocenters. The molecule has 1 amide bonds. The van der Waals surface area contributed by atoms with E-state index in [1.807, 2.05) is 38.1 Å². The van der Waals surface area contributed by atoms with Crippen LogP contribution in [0, 0.1) is 6.92 Å². The summed E-state index contributed by atoms with van der Waals surface area (Å²) in [5.41, 5.74) is 5.09. The van der Waals surface area contributed by atoms with Gasteiger partial charge in [0.2, 0.25) is 0 Å². The van der Waals surface area contributed by atoms with Crippen molar-refractivity contribution in [1.29, 1.82) is 0 Å². The lowest BCUT2D eigenvalue weighted by atomic mass is 10.0. The third kappa shape index (κ3) is 3.60. The number of aryl methyl sites for hydroxylation is 1. The molecule has 1 aliphatic rings. The molecular formula is C23H24N4O. The minimum atomic E-state index is -0.129. The Balaban J connectivity index is 1.52. The minimum absolute atomic E-state index is 0.129. The molecule has 0 fully saturated rings. The van der Waals surface area contributed by atoms with Gasteiger partial charge in [0.15, 0.2) is 0 Å². The predicted molar refractivity (Wildman–Crippen MR) is 112 cm³/mol. The van der Waals surface area contributed by atoms with Gasteiger partial charge in [-0.1, -0.05) is 36.4 Å². The summed E-state index contributed by atoms with van der Waals surface area (Å²) in [5.74, 6) is 0.681. The summed E-state index contributed by atoms with van der Waals surface area (Å²) >= 11 is 0. The van der Waals surface area contributed by atoms with Crippen molar-refractivity contribution in [2.75, 3.05) is 22.9 Å². The molecule has 5 nitrogen and oxygen atoms in total. The van der Waals surface area contributed by atoms with Gasteiger partial charge in [-0.05, 0) is 49.1 Å². The number of benzene rings is 2. The molecule has 142 valence electrons. The number of carbonyl (C=O) groups excluding carboxylic acids is 1. The summed E-state index contributed by atoms with van der Waals surface area (Å²) in [6.07, 6.45) is 4.30. The van der Waals surface area contributed by atoms with E-state index in [1.54, 1.807) is 17.3 Å². The molecule has 5 heteroatoms. The molecular weight excluding hydrogens is 348 g/mol. The van der Waals surface area contributed by atoms with E-state index in [-0.39, 0.29) is 5.91 Å². The van der Waals surface area contributed by atoms with Crippen LogP contribution in [0.4, 0.5) is 11.5 Å². The number of anilines is 2. The highest BCUT2D eigenvalue weighted by Crippen LogP contribution is 2.23. The van der Waals surface area contributed by atoms with Crippen LogP contribution in [0.25, 0.3) is 0 Å². The van der Waals surface area contributed by atoms with Crippen LogP contribution in [0.3, 0.4) is 0 Å². The Hall–Kier alpha value is -3.21. The average molecular weight is 372 g/mol. The Morgan fingerprint density at radius 1 is 1.07 bits per heavy atom. The first-order chi connectivity index (χ1) is 13.7. The van der Waals surface area contributed by atoms with Crippen LogP contribution in [0.15, 0.2) is 60.9 Å². The number of fused-ring (bicyclic) bond motifs is 1. The van der Waals surface area contributed by atoms with Gasteiger partial charge in [-0.15, -0.1) is 0 Å². The van der Waals surface area contributed by atoms with Crippen molar-refractivity contribution in [2.45, 2.75) is 26.8 Å². The van der Waals surface area contributed by atoms with Gasteiger partial charge in [0.05, 0.1) is 12.4 Å². The maximum Gasteiger partial charge on any atom is 0.278 e. The third-order valence-corrected chi connectivity index (χ3v) is 5.19. The van der Waals surface area contributed by atoms with Crippen LogP contribution < -0.4 is 9.80 Å². The molecule has 1 aromatic heterocycles. The van der Waals surface area contributed by atoms with E-state index < -0.39 is 0 Å². The maximum absolute atomic E-state index is 12.9. The molecule has 28 heavy (non-hydrogen) atoms. The second kappa shape index (κ2) is 7.80. The fraction of sp³-hybridized carbons (Fsp3) is 0.261. The van der Waals surface area contributed by atoms with E-state index in [0.717, 1.165) is 36.6 Å². The highest BCUT2D eigenvalue weighted by molar-refractivity contribution is 6.04. The lowest BCUT2D eigenvalue weighted by molar-refractivity contribution is 0.0983. The van der Waals surface area contributed by atoms with Crippen LogP contribution in [0.5, 0.6) is 0 Å². The predicted octanol–water partition coefficient (Wildman–Crippen LogP) is 4.01. The Bertz CT molecular complexity index is 984. The van der Waals surface area contributed by atoms with Crippen LogP contribution in [0.2, 0.25) is 0 Å². The molecule has 2 aromatic carbocycles. The van der Waals surface area contributed by atoms with Crippen molar-refractivity contribution in [2.24, 2.45) is 0 Å². The molecule has 0 N–H and O–H groups in total. The van der Waals surface area contributed by atoms with E-state index in [9.17, 15) is 4.79 Å². The average Bonchev–Trinajstić information content (AvgIpc) is 2.74. The summed E-state index contributed by atoms with van der Waals surface area (Å²) in [6.45, 7) is 6.29. The van der Waals surface area contributed by atoms with Gasteiger partial charge < -0.3 is 9.80 Å². The maximum atomic E-state index is 12.9. The van der Waals surface area contributed by atoms with E-state index >= 15 is 0 Å². The van der Waals surface area contributed by atoms with E-state index in [2.05, 4.69) is 39.1 Å². The number of amides is 1. The van der Waals surface area contributed by atoms with Crippen LogP contribution in [-0.4, -0.2) is 29.0 Å². The molecule has 0 saturated carbocycles. The van der Waals surface area contributed by atoms with Crippen LogP contribution >= 0.6 is 0 Å². The molecule has 0 aliphatic carbocycles. The van der Waals surface area contributed by atoms with Crippen LogP contribution in [0.1, 0.15) is 34.1 Å². The zero-order valence-electron chi connectivity index (χ0n) is 16.3. The summed E-state index contributed by atoms with van der Waals surface area (Å²) in [5, 5.41) is 0. The first-order valence-corrected chi connectivity index (χ1v) is 9.68. The molecule has 1 aliphatic heterocycles. The number of carbonyl (C=O) groups is 1. The lowest BCUT2D eigenvalue weighted by Crippen LogP contribution is -2.33. The number of aromatic nitrogens is 2. The SMILES string of the molecule is CCN(C(=O)c1cnc(N2CCc3ccccc3C2)cn1)c1cccc(C)c1. The third-order valence-electron chi connectivity index (χ3n) is 5.19. The summed E-state index contributed by atoms with van der Waals surface area (Å²) in [7, 11) is 0. The second-order valence-electron chi connectivity index (χ2n) is 7.09. The Labute approximate surface area is 165 Å². The summed E-state index contributed by atoms with van der Waals surface area (Å²) in [6, 6.07) is 16.4. The summed E-state index contributed by atoms with van der Waals surface area (Å²) < 4.78 is 0. The second-order valence-corrected chi connectivity index (χ2v) is 7.09. The number of nitrogens with zero attached hydrogens (tertiary/aromatic N) is 4. The van der Waals surface area contributed by atoms with Crippen molar-refractivity contribution in [3.8, 4) is 0 Å². The van der Waals surface area contributed by atoms with E-state index in [4.69, 9.17) is 0 Å². The molecule has 4 rings (SSSR count). The van der Waals surface area contributed by atoms with E-state index in [1.165, 1.54) is 11.1 Å². The molecule has 0 radical (unpaired) electrons. The normalized spacial score (nSPS) is 13.1. The Kier molecular flexibility index (Phi) is 5.06. The topological polar surface area (TPSA) is 49.3 Å². The van der Waals surface area contributed by atoms with Crippen molar-refractivity contribution < 1.29 is 4.79 Å². The van der Waals surface area contributed by atoms with Gasteiger partial charge in [0.25, 0.3) is 5.91 Å². The first kappa shape index (κ1) is 18.2. The number of rotatable bonds is 4. The fourth-order valence-corrected chi connectivity index (χ4v) is 3.66. The van der Waals surface area contributed by atoms with Crippen molar-refractivity contribution in [1.82, 2.24) is 9.97 Å². The molecule has 2 heterocycles. The smallest absolute Gasteiger partial charge is 0.278 e. The molecule has 0 spiro atoms. The highest BCUT2D eigenvalue weighted by atomic mass is 16.2. The molecule has 3 aromatic rings. The fourth-order valence-electron chi connectivity index (χ4n) is 3.66. The standard InChI is InChI=1S/C23H24N4O/c1-3-27(20-10-6-7-17(2)13-20)23(28)21-14-25-22(15-24-21)26-12-11-18-8-4-5-9-19(18)16-26/h4-10,13-15H,3,11-12,16H2,1-2H3. The van der Waals surface area contributed by atoms with Crippen molar-refractivity contribution in [3.05, 3.63) is 83.3 Å². The monoisotopic (exact) mass is 372 g/mol. The zero-order chi connectivity index (χ0) is 19.5. The number of hydrogen-bond donors (Lipinski definition) is 0. The number of hydrogen-bond acceptors (Lipinski definition) is 4. The molecule has 0 bridgehead atoms. The van der Waals surface area contributed by atoms with Crippen molar-refractivity contribution in [3.63, 3.8) is 0 Å². The summed E-state index contributed by atoms with van der Waals surface area (Å²) in [4.78, 5) is 25.9. The van der Waals surface area contributed by atoms with Gasteiger partial charge in [-0.25, -0.2) is 9.97 Å². The van der Waals surface area contributed by atoms with Crippen LogP contribution in [-0.2, 0) is 13.0 Å². The molecule has 0 saturated heterocycles. The minimum Gasteiger partial charge on any atom is -0.351 e. The quantitative estimate of drug-likeness (QED) is 0.694. The lowest BCUT2D eigenvalue weighted by Gasteiger charge is -2.29. The van der Waals surface area contributed by atoms with Gasteiger partial charge in [0.1, 0.15) is 11.5 Å². The zero-order valence-corrected chi connectivity index (χ0v) is 16.3. The van der Waals surface area contributed by atoms with E-state index in [0.29, 0.717) is 12.2 Å². The van der Waals surface area contributed by atoms with Crippen molar-refractivity contribution >= 4 is 17.4 Å². The van der Waals surface area contributed by atoms with Gasteiger partial charge in [0, 0.05) is 25.3 Å². The Morgan fingerprint density at radius 2 is 1.89 bits per heavy atom. The van der Waals surface area contributed by atoms with Gasteiger partial charge in [-0.2, -0.15) is 0 Å². The highest BCUT2D eigenvalue weighted by Gasteiger charge is 2.20. The largest absolute Gasteiger partial charge is 0.351 e. The molecule has 0 atom stereocenters. The van der Waals surface area contributed by atoms with Gasteiger partial charge in [-0.3, -0.25) is 4.79 Å².